The summed E-state index contributed by atoms with van der Waals surface area (Å²) in [6.07, 6.45) is 3.99. The number of piperazine rings is 1. The number of aryl methyl sites for hydroxylation is 1. The van der Waals surface area contributed by atoms with E-state index in [4.69, 9.17) is 4.74 Å². The molecule has 1 unspecified atom stereocenters. The predicted octanol–water partition coefficient (Wildman–Crippen LogP) is 1.73. The van der Waals surface area contributed by atoms with Crippen LogP contribution in [0.3, 0.4) is 0 Å². The van der Waals surface area contributed by atoms with Crippen molar-refractivity contribution < 1.29 is 9.53 Å². The van der Waals surface area contributed by atoms with Gasteiger partial charge < -0.3 is 14.6 Å². The molecule has 150 valence electrons. The number of likely N-dealkylation sites (tertiary alicyclic amines) is 1. The van der Waals surface area contributed by atoms with Gasteiger partial charge in [0.25, 0.3) is 0 Å². The lowest BCUT2D eigenvalue weighted by Gasteiger charge is -2.43. The third kappa shape index (κ3) is 4.71. The van der Waals surface area contributed by atoms with Crippen LogP contribution in [0, 0.1) is 13.8 Å². The standard InChI is InChI=1S/C20H32N4O3/c1-4-27-20(26)24-10-8-23(9-11-24)17-6-5-7-22(13-17)14-18-16(3)19(25)15(2)12-21-18/h12,17H,4-11,13-14H2,1-3H3,(H,21,25). The van der Waals surface area contributed by atoms with Gasteiger partial charge >= 0.3 is 6.09 Å². The largest absolute Gasteiger partial charge is 0.450 e. The van der Waals surface area contributed by atoms with Crippen molar-refractivity contribution >= 4 is 6.09 Å². The Morgan fingerprint density at radius 3 is 2.67 bits per heavy atom. The van der Waals surface area contributed by atoms with Gasteiger partial charge in [-0.15, -0.1) is 0 Å². The Morgan fingerprint density at radius 2 is 1.96 bits per heavy atom. The van der Waals surface area contributed by atoms with Crippen LogP contribution in [0.2, 0.25) is 0 Å². The number of rotatable bonds is 4. The molecule has 3 rings (SSSR count). The zero-order valence-electron chi connectivity index (χ0n) is 16.8. The highest BCUT2D eigenvalue weighted by Gasteiger charge is 2.30. The van der Waals surface area contributed by atoms with E-state index in [0.717, 1.165) is 69.1 Å². The van der Waals surface area contributed by atoms with E-state index in [9.17, 15) is 9.59 Å². The van der Waals surface area contributed by atoms with E-state index in [2.05, 4.69) is 14.8 Å². The summed E-state index contributed by atoms with van der Waals surface area (Å²) in [5.41, 5.74) is 2.78. The third-order valence-electron chi connectivity index (χ3n) is 5.83. The first-order valence-electron chi connectivity index (χ1n) is 10.1. The van der Waals surface area contributed by atoms with Crippen LogP contribution < -0.4 is 5.43 Å². The topological polar surface area (TPSA) is 68.9 Å². The number of nitrogens with one attached hydrogen (secondary N) is 1. The van der Waals surface area contributed by atoms with Crippen LogP contribution in [0.4, 0.5) is 4.79 Å². The van der Waals surface area contributed by atoms with Crippen molar-refractivity contribution in [1.29, 1.82) is 0 Å². The van der Waals surface area contributed by atoms with Gasteiger partial charge in [-0.1, -0.05) is 0 Å². The number of piperidine rings is 1. The zero-order valence-corrected chi connectivity index (χ0v) is 16.8. The number of hydrogen-bond donors (Lipinski definition) is 1. The van der Waals surface area contributed by atoms with Crippen LogP contribution in [-0.4, -0.2) is 77.7 Å². The smallest absolute Gasteiger partial charge is 0.409 e. The molecule has 3 heterocycles. The van der Waals surface area contributed by atoms with Gasteiger partial charge in [0.05, 0.1) is 6.61 Å². The quantitative estimate of drug-likeness (QED) is 0.867. The molecule has 0 saturated carbocycles. The van der Waals surface area contributed by atoms with Crippen molar-refractivity contribution in [2.75, 3.05) is 45.9 Å². The molecule has 2 aliphatic rings. The van der Waals surface area contributed by atoms with Crippen LogP contribution in [0.15, 0.2) is 11.0 Å². The Labute approximate surface area is 161 Å². The number of aromatic nitrogens is 1. The lowest BCUT2D eigenvalue weighted by atomic mass is 10.0. The first kappa shape index (κ1) is 19.9. The molecule has 0 bridgehead atoms. The van der Waals surface area contributed by atoms with Gasteiger partial charge in [0.2, 0.25) is 0 Å². The summed E-state index contributed by atoms with van der Waals surface area (Å²) in [5.74, 6) is 0. The first-order valence-corrected chi connectivity index (χ1v) is 10.1. The van der Waals surface area contributed by atoms with Crippen LogP contribution in [-0.2, 0) is 11.3 Å². The molecule has 1 N–H and O–H groups in total. The van der Waals surface area contributed by atoms with Crippen LogP contribution in [0.25, 0.3) is 0 Å². The van der Waals surface area contributed by atoms with E-state index in [-0.39, 0.29) is 11.5 Å². The summed E-state index contributed by atoms with van der Waals surface area (Å²) >= 11 is 0. The molecule has 7 nitrogen and oxygen atoms in total. The molecular formula is C20H32N4O3. The number of hydrogen-bond acceptors (Lipinski definition) is 5. The normalized spacial score (nSPS) is 22.0. The molecule has 2 saturated heterocycles. The maximum Gasteiger partial charge on any atom is 0.409 e. The average Bonchev–Trinajstić information content (AvgIpc) is 2.69. The summed E-state index contributed by atoms with van der Waals surface area (Å²) in [5, 5.41) is 0. The Bertz CT molecular complexity index is 710. The molecular weight excluding hydrogens is 344 g/mol. The van der Waals surface area contributed by atoms with Crippen molar-refractivity contribution in [3.8, 4) is 0 Å². The Morgan fingerprint density at radius 1 is 1.22 bits per heavy atom. The van der Waals surface area contributed by atoms with Gasteiger partial charge in [-0.2, -0.15) is 0 Å². The molecule has 2 fully saturated rings. The van der Waals surface area contributed by atoms with Gasteiger partial charge in [0, 0.05) is 68.3 Å². The fraction of sp³-hybridized carbons (Fsp3) is 0.700. The van der Waals surface area contributed by atoms with E-state index in [0.29, 0.717) is 12.6 Å². The van der Waals surface area contributed by atoms with Crippen molar-refractivity contribution in [1.82, 2.24) is 19.7 Å². The molecule has 1 atom stereocenters. The summed E-state index contributed by atoms with van der Waals surface area (Å²) < 4.78 is 5.11. The van der Waals surface area contributed by atoms with E-state index in [1.54, 1.807) is 4.90 Å². The minimum atomic E-state index is -0.193. The van der Waals surface area contributed by atoms with Crippen LogP contribution >= 0.6 is 0 Å². The van der Waals surface area contributed by atoms with Gasteiger partial charge in [-0.05, 0) is 40.2 Å². The van der Waals surface area contributed by atoms with Gasteiger partial charge in [-0.25, -0.2) is 4.79 Å². The van der Waals surface area contributed by atoms with Crippen LogP contribution in [0.5, 0.6) is 0 Å². The first-order chi connectivity index (χ1) is 13.0. The molecule has 2 aliphatic heterocycles. The molecule has 0 radical (unpaired) electrons. The summed E-state index contributed by atoms with van der Waals surface area (Å²) in [4.78, 5) is 34.1. The van der Waals surface area contributed by atoms with E-state index in [1.807, 2.05) is 27.0 Å². The van der Waals surface area contributed by atoms with Crippen molar-refractivity contribution in [2.45, 2.75) is 46.2 Å². The van der Waals surface area contributed by atoms with Crippen LogP contribution in [0.1, 0.15) is 36.6 Å². The van der Waals surface area contributed by atoms with Crippen molar-refractivity contribution in [3.05, 3.63) is 33.2 Å². The second-order valence-corrected chi connectivity index (χ2v) is 7.66. The van der Waals surface area contributed by atoms with Gasteiger partial charge in [0.15, 0.2) is 5.43 Å². The van der Waals surface area contributed by atoms with E-state index >= 15 is 0 Å². The fourth-order valence-corrected chi connectivity index (χ4v) is 4.15. The number of carbonyl (C=O) groups is 1. The maximum absolute atomic E-state index is 12.2. The van der Waals surface area contributed by atoms with Crippen molar-refractivity contribution in [3.63, 3.8) is 0 Å². The highest BCUT2D eigenvalue weighted by molar-refractivity contribution is 5.67. The lowest BCUT2D eigenvalue weighted by Crippen LogP contribution is -2.55. The highest BCUT2D eigenvalue weighted by Crippen LogP contribution is 2.20. The number of H-pyrrole nitrogens is 1. The summed E-state index contributed by atoms with van der Waals surface area (Å²) in [6, 6.07) is 0.514. The SMILES string of the molecule is CCOC(=O)N1CCN(C2CCCN(Cc3[nH]cc(C)c(=O)c3C)C2)CC1. The molecule has 7 heteroatoms. The second-order valence-electron chi connectivity index (χ2n) is 7.66. The molecule has 1 amide bonds. The highest BCUT2D eigenvalue weighted by atomic mass is 16.6. The molecule has 0 aliphatic carbocycles. The summed E-state index contributed by atoms with van der Waals surface area (Å²) in [7, 11) is 0. The minimum Gasteiger partial charge on any atom is -0.450 e. The Balaban J connectivity index is 1.55. The maximum atomic E-state index is 12.2. The number of nitrogens with zero attached hydrogens (tertiary/aromatic N) is 3. The third-order valence-corrected chi connectivity index (χ3v) is 5.83. The second kappa shape index (κ2) is 8.89. The number of ether oxygens (including phenoxy) is 1. The van der Waals surface area contributed by atoms with Gasteiger partial charge in [-0.3, -0.25) is 14.6 Å². The Hall–Kier alpha value is -1.86. The average molecular weight is 377 g/mol. The lowest BCUT2D eigenvalue weighted by molar-refractivity contribution is 0.0409. The van der Waals surface area contributed by atoms with Crippen molar-refractivity contribution in [2.24, 2.45) is 0 Å². The summed E-state index contributed by atoms with van der Waals surface area (Å²) in [6.45, 7) is 12.2. The van der Waals surface area contributed by atoms with Gasteiger partial charge in [0.1, 0.15) is 0 Å². The molecule has 1 aromatic rings. The zero-order chi connectivity index (χ0) is 19.4. The number of aromatic amines is 1. The number of amides is 1. The molecule has 27 heavy (non-hydrogen) atoms. The molecule has 0 spiro atoms. The monoisotopic (exact) mass is 376 g/mol. The Kier molecular flexibility index (Phi) is 6.55. The number of pyridine rings is 1. The predicted molar refractivity (Wildman–Crippen MR) is 105 cm³/mol. The molecule has 0 aromatic carbocycles. The van der Waals surface area contributed by atoms with E-state index < -0.39 is 0 Å². The van der Waals surface area contributed by atoms with E-state index in [1.165, 1.54) is 6.42 Å². The number of carbonyl (C=O) groups excluding carboxylic acids is 1. The molecule has 1 aromatic heterocycles. The fourth-order valence-electron chi connectivity index (χ4n) is 4.15. The minimum absolute atomic E-state index is 0.146.